The lowest BCUT2D eigenvalue weighted by Gasteiger charge is -2.36. The minimum atomic E-state index is -0.133. The van der Waals surface area contributed by atoms with E-state index in [9.17, 15) is 10.1 Å². The number of ketones is 1. The average Bonchev–Trinajstić information content (AvgIpc) is 2.53. The number of nitriles is 1. The van der Waals surface area contributed by atoms with Gasteiger partial charge in [-0.3, -0.25) is 4.79 Å². The van der Waals surface area contributed by atoms with Crippen molar-refractivity contribution >= 4 is 17.5 Å². The number of hydrogen-bond donors (Lipinski definition) is 1. The third-order valence-corrected chi connectivity index (χ3v) is 6.32. The standard InChI is InChI=1S/C21H24N2OS/c1-12(2)13-5-7-14(8-6-13)20-15(11-22)19(23)18-16(24)9-21(3,4)10-17(18)25-20/h5-8,12,20H,9-10,23H2,1-4H3. The molecule has 4 heteroatoms. The van der Waals surface area contributed by atoms with Crippen LogP contribution in [0.1, 0.15) is 62.8 Å². The second-order valence-corrected chi connectivity index (χ2v) is 9.20. The zero-order valence-electron chi connectivity index (χ0n) is 15.2. The first-order valence-electron chi connectivity index (χ1n) is 8.66. The van der Waals surface area contributed by atoms with E-state index < -0.39 is 0 Å². The molecule has 130 valence electrons. The van der Waals surface area contributed by atoms with Gasteiger partial charge in [0.1, 0.15) is 0 Å². The molecule has 1 heterocycles. The number of carbonyl (C=O) groups excluding carboxylic acids is 1. The lowest BCUT2D eigenvalue weighted by molar-refractivity contribution is -0.117. The minimum absolute atomic E-state index is 0.0562. The summed E-state index contributed by atoms with van der Waals surface area (Å²) in [7, 11) is 0. The number of hydrogen-bond acceptors (Lipinski definition) is 4. The number of benzene rings is 1. The van der Waals surface area contributed by atoms with Gasteiger partial charge >= 0.3 is 0 Å². The van der Waals surface area contributed by atoms with Crippen molar-refractivity contribution in [3.05, 3.63) is 57.1 Å². The third kappa shape index (κ3) is 3.26. The largest absolute Gasteiger partial charge is 0.397 e. The van der Waals surface area contributed by atoms with E-state index in [1.54, 1.807) is 11.8 Å². The van der Waals surface area contributed by atoms with Crippen molar-refractivity contribution in [2.75, 3.05) is 0 Å². The van der Waals surface area contributed by atoms with Crippen molar-refractivity contribution in [2.45, 2.75) is 51.7 Å². The number of allylic oxidation sites excluding steroid dienone is 2. The summed E-state index contributed by atoms with van der Waals surface area (Å²) in [6.45, 7) is 8.55. The number of nitrogens with two attached hydrogens (primary N) is 1. The van der Waals surface area contributed by atoms with Gasteiger partial charge in [-0.25, -0.2) is 0 Å². The molecule has 0 spiro atoms. The molecule has 2 N–H and O–H groups in total. The van der Waals surface area contributed by atoms with Crippen LogP contribution in [-0.4, -0.2) is 5.78 Å². The van der Waals surface area contributed by atoms with Gasteiger partial charge in [-0.1, -0.05) is 52.0 Å². The summed E-state index contributed by atoms with van der Waals surface area (Å²) in [6.07, 6.45) is 1.32. The second-order valence-electron chi connectivity index (χ2n) is 8.00. The molecule has 0 saturated carbocycles. The summed E-state index contributed by atoms with van der Waals surface area (Å²) < 4.78 is 0. The summed E-state index contributed by atoms with van der Waals surface area (Å²) in [5.74, 6) is 0.535. The van der Waals surface area contributed by atoms with Crippen LogP contribution in [0.4, 0.5) is 0 Å². The molecule has 0 amide bonds. The van der Waals surface area contributed by atoms with E-state index in [-0.39, 0.29) is 16.4 Å². The molecule has 3 nitrogen and oxygen atoms in total. The van der Waals surface area contributed by atoms with Crippen LogP contribution in [0.15, 0.2) is 46.0 Å². The molecule has 1 atom stereocenters. The zero-order chi connectivity index (χ0) is 18.4. The SMILES string of the molecule is CC(C)c1ccc(C2SC3=C(C(=O)CC(C)(C)C3)C(N)=C2C#N)cc1. The molecule has 3 rings (SSSR count). The first kappa shape index (κ1) is 17.8. The van der Waals surface area contributed by atoms with Crippen LogP contribution in [0.3, 0.4) is 0 Å². The van der Waals surface area contributed by atoms with E-state index in [2.05, 4.69) is 58.0 Å². The Hall–Kier alpha value is -1.99. The monoisotopic (exact) mass is 352 g/mol. The molecule has 0 saturated heterocycles. The second kappa shape index (κ2) is 6.38. The quantitative estimate of drug-likeness (QED) is 0.815. The molecule has 1 aromatic rings. The van der Waals surface area contributed by atoms with Crippen molar-refractivity contribution in [3.8, 4) is 6.07 Å². The first-order chi connectivity index (χ1) is 11.7. The summed E-state index contributed by atoms with van der Waals surface area (Å²) in [5.41, 5.74) is 10.1. The van der Waals surface area contributed by atoms with Gasteiger partial charge in [-0.2, -0.15) is 5.26 Å². The summed E-state index contributed by atoms with van der Waals surface area (Å²) >= 11 is 1.62. The van der Waals surface area contributed by atoms with Crippen molar-refractivity contribution in [1.29, 1.82) is 5.26 Å². The van der Waals surface area contributed by atoms with E-state index in [1.807, 2.05) is 0 Å². The maximum Gasteiger partial charge on any atom is 0.166 e. The van der Waals surface area contributed by atoms with E-state index in [0.29, 0.717) is 29.2 Å². The Bertz CT molecular complexity index is 822. The highest BCUT2D eigenvalue weighted by atomic mass is 32.2. The Kier molecular flexibility index (Phi) is 4.55. The van der Waals surface area contributed by atoms with Gasteiger partial charge in [-0.15, -0.1) is 11.8 Å². The van der Waals surface area contributed by atoms with Crippen LogP contribution in [0.5, 0.6) is 0 Å². The van der Waals surface area contributed by atoms with Crippen molar-refractivity contribution in [3.63, 3.8) is 0 Å². The number of rotatable bonds is 2. The zero-order valence-corrected chi connectivity index (χ0v) is 16.0. The lowest BCUT2D eigenvalue weighted by atomic mass is 9.76. The van der Waals surface area contributed by atoms with Crippen molar-refractivity contribution < 1.29 is 4.79 Å². The fraction of sp³-hybridized carbons (Fsp3) is 0.429. The number of carbonyl (C=O) groups is 1. The predicted octanol–water partition coefficient (Wildman–Crippen LogP) is 4.98. The Balaban J connectivity index is 2.04. The topological polar surface area (TPSA) is 66.9 Å². The van der Waals surface area contributed by atoms with Gasteiger partial charge in [0.15, 0.2) is 5.78 Å². The first-order valence-corrected chi connectivity index (χ1v) is 9.54. The molecule has 25 heavy (non-hydrogen) atoms. The van der Waals surface area contributed by atoms with Crippen LogP contribution in [0.2, 0.25) is 0 Å². The van der Waals surface area contributed by atoms with Gasteiger partial charge < -0.3 is 5.73 Å². The van der Waals surface area contributed by atoms with E-state index in [1.165, 1.54) is 5.56 Å². The molecular weight excluding hydrogens is 328 g/mol. The molecular formula is C21H24N2OS. The van der Waals surface area contributed by atoms with Gasteiger partial charge in [-0.05, 0) is 33.8 Å². The van der Waals surface area contributed by atoms with Crippen molar-refractivity contribution in [1.82, 2.24) is 0 Å². The van der Waals surface area contributed by atoms with Crippen LogP contribution >= 0.6 is 11.8 Å². The Morgan fingerprint density at radius 1 is 1.24 bits per heavy atom. The highest BCUT2D eigenvalue weighted by Gasteiger charge is 2.40. The Morgan fingerprint density at radius 2 is 1.88 bits per heavy atom. The molecule has 1 aliphatic carbocycles. The molecule has 1 unspecified atom stereocenters. The maximum absolute atomic E-state index is 12.6. The van der Waals surface area contributed by atoms with Crippen LogP contribution in [-0.2, 0) is 4.79 Å². The van der Waals surface area contributed by atoms with E-state index in [4.69, 9.17) is 5.73 Å². The van der Waals surface area contributed by atoms with Gasteiger partial charge in [0.2, 0.25) is 0 Å². The van der Waals surface area contributed by atoms with Gasteiger partial charge in [0, 0.05) is 6.42 Å². The molecule has 0 radical (unpaired) electrons. The maximum atomic E-state index is 12.6. The number of thioether (sulfide) groups is 1. The van der Waals surface area contributed by atoms with Gasteiger partial charge in [0.05, 0.1) is 28.2 Å². The fourth-order valence-corrected chi connectivity index (χ4v) is 5.24. The normalized spacial score (nSPS) is 22.9. The molecule has 1 aliphatic heterocycles. The lowest BCUT2D eigenvalue weighted by Crippen LogP contribution is -2.30. The summed E-state index contributed by atoms with van der Waals surface area (Å²) in [6, 6.07) is 10.7. The summed E-state index contributed by atoms with van der Waals surface area (Å²) in [4.78, 5) is 13.6. The third-order valence-electron chi connectivity index (χ3n) is 4.94. The van der Waals surface area contributed by atoms with Crippen LogP contribution < -0.4 is 5.73 Å². The molecule has 0 aromatic heterocycles. The Labute approximate surface area is 154 Å². The molecule has 2 aliphatic rings. The van der Waals surface area contributed by atoms with Crippen molar-refractivity contribution in [2.24, 2.45) is 11.1 Å². The predicted molar refractivity (Wildman–Crippen MR) is 103 cm³/mol. The molecule has 1 aromatic carbocycles. The smallest absolute Gasteiger partial charge is 0.166 e. The van der Waals surface area contributed by atoms with Crippen LogP contribution in [0, 0.1) is 16.7 Å². The van der Waals surface area contributed by atoms with E-state index >= 15 is 0 Å². The van der Waals surface area contributed by atoms with E-state index in [0.717, 1.165) is 16.9 Å². The fourth-order valence-electron chi connectivity index (χ4n) is 3.55. The van der Waals surface area contributed by atoms with Crippen LogP contribution in [0.25, 0.3) is 0 Å². The highest BCUT2D eigenvalue weighted by molar-refractivity contribution is 8.03. The van der Waals surface area contributed by atoms with Gasteiger partial charge in [0.25, 0.3) is 0 Å². The number of nitrogens with zero attached hydrogens (tertiary/aromatic N) is 1. The Morgan fingerprint density at radius 3 is 2.44 bits per heavy atom. The average molecular weight is 353 g/mol. The minimum Gasteiger partial charge on any atom is -0.397 e. The summed E-state index contributed by atoms with van der Waals surface area (Å²) in [5, 5.41) is 9.55. The molecule has 0 fully saturated rings. The number of Topliss-reactive ketones (excluding diaryl/α,β-unsaturated/α-hetero) is 1. The highest BCUT2D eigenvalue weighted by Crippen LogP contribution is 2.53. The molecule has 0 bridgehead atoms.